The second kappa shape index (κ2) is 6.20. The van der Waals surface area contributed by atoms with E-state index in [-0.39, 0.29) is 5.91 Å². The van der Waals surface area contributed by atoms with Crippen LogP contribution in [0.15, 0.2) is 39.8 Å². The van der Waals surface area contributed by atoms with Crippen molar-refractivity contribution in [1.29, 1.82) is 0 Å². The van der Waals surface area contributed by atoms with Crippen molar-refractivity contribution >= 4 is 17.7 Å². The van der Waals surface area contributed by atoms with E-state index >= 15 is 0 Å². The predicted molar refractivity (Wildman–Crippen MR) is 68.0 cm³/mol. The number of hydrogen-bond donors (Lipinski definition) is 1. The van der Waals surface area contributed by atoms with Crippen molar-refractivity contribution in [2.45, 2.75) is 18.4 Å². The quantitative estimate of drug-likeness (QED) is 0.833. The molecule has 5 nitrogen and oxygen atoms in total. The van der Waals surface area contributed by atoms with E-state index < -0.39 is 0 Å². The lowest BCUT2D eigenvalue weighted by Crippen LogP contribution is -2.25. The minimum atomic E-state index is -0.0497. The van der Waals surface area contributed by atoms with Gasteiger partial charge in [0.05, 0.1) is 12.3 Å². The summed E-state index contributed by atoms with van der Waals surface area (Å²) in [7, 11) is 0. The van der Waals surface area contributed by atoms with E-state index in [1.165, 1.54) is 11.8 Å². The maximum Gasteiger partial charge on any atom is 0.230 e. The fraction of sp³-hybridized carbons (Fsp3) is 0.250. The number of rotatable bonds is 5. The van der Waals surface area contributed by atoms with E-state index in [0.29, 0.717) is 24.0 Å². The van der Waals surface area contributed by atoms with Crippen LogP contribution >= 0.6 is 11.8 Å². The first-order valence-electron chi connectivity index (χ1n) is 5.48. The van der Waals surface area contributed by atoms with E-state index in [9.17, 15) is 4.79 Å². The van der Waals surface area contributed by atoms with Crippen LogP contribution in [0.3, 0.4) is 0 Å². The second-order valence-corrected chi connectivity index (χ2v) is 4.66. The van der Waals surface area contributed by atoms with Crippen molar-refractivity contribution in [2.24, 2.45) is 0 Å². The molecule has 0 aliphatic rings. The molecule has 0 unspecified atom stereocenters. The molecule has 1 heterocycles. The number of benzene rings is 1. The lowest BCUT2D eigenvalue weighted by atomic mass is 10.4. The van der Waals surface area contributed by atoms with Gasteiger partial charge in [-0.1, -0.05) is 23.4 Å². The van der Waals surface area contributed by atoms with E-state index in [1.54, 1.807) is 6.92 Å². The average molecular weight is 263 g/mol. The number of amides is 1. The molecular formula is C12H13N3O2S. The Balaban J connectivity index is 1.73. The topological polar surface area (TPSA) is 68.0 Å². The molecule has 94 valence electrons. The Labute approximate surface area is 109 Å². The summed E-state index contributed by atoms with van der Waals surface area (Å²) in [5, 5.41) is 6.44. The van der Waals surface area contributed by atoms with Crippen molar-refractivity contribution in [3.8, 4) is 0 Å². The third-order valence-electron chi connectivity index (χ3n) is 2.13. The fourth-order valence-electron chi connectivity index (χ4n) is 1.31. The number of carbonyl (C=O) groups is 1. The normalized spacial score (nSPS) is 10.3. The largest absolute Gasteiger partial charge is 0.348 e. The van der Waals surface area contributed by atoms with Gasteiger partial charge in [-0.3, -0.25) is 4.79 Å². The zero-order valence-corrected chi connectivity index (χ0v) is 10.7. The van der Waals surface area contributed by atoms with Crippen LogP contribution in [0, 0.1) is 6.92 Å². The van der Waals surface area contributed by atoms with Gasteiger partial charge in [-0.05, 0) is 12.1 Å². The Morgan fingerprint density at radius 1 is 1.39 bits per heavy atom. The van der Waals surface area contributed by atoms with Gasteiger partial charge in [0.2, 0.25) is 11.8 Å². The highest BCUT2D eigenvalue weighted by atomic mass is 32.2. The lowest BCUT2D eigenvalue weighted by molar-refractivity contribution is -0.118. The van der Waals surface area contributed by atoms with Crippen LogP contribution in [0.5, 0.6) is 0 Å². The molecule has 0 fully saturated rings. The first kappa shape index (κ1) is 12.6. The zero-order valence-electron chi connectivity index (χ0n) is 9.92. The van der Waals surface area contributed by atoms with Crippen LogP contribution in [-0.4, -0.2) is 21.8 Å². The van der Waals surface area contributed by atoms with Gasteiger partial charge in [0.25, 0.3) is 0 Å². The van der Waals surface area contributed by atoms with Crippen LogP contribution in [0.2, 0.25) is 0 Å². The fourth-order valence-corrected chi connectivity index (χ4v) is 2.06. The van der Waals surface area contributed by atoms with E-state index in [1.807, 2.05) is 30.3 Å². The molecule has 2 aromatic rings. The van der Waals surface area contributed by atoms with Gasteiger partial charge in [-0.15, -0.1) is 11.8 Å². The highest BCUT2D eigenvalue weighted by molar-refractivity contribution is 8.00. The molecule has 0 bridgehead atoms. The molecule has 0 saturated carbocycles. The summed E-state index contributed by atoms with van der Waals surface area (Å²) < 4.78 is 4.81. The third-order valence-corrected chi connectivity index (χ3v) is 3.14. The summed E-state index contributed by atoms with van der Waals surface area (Å²) in [6.45, 7) is 2.01. The summed E-state index contributed by atoms with van der Waals surface area (Å²) >= 11 is 1.49. The molecule has 0 aliphatic carbocycles. The predicted octanol–water partition coefficient (Wildman–Crippen LogP) is 1.79. The smallest absolute Gasteiger partial charge is 0.230 e. The Morgan fingerprint density at radius 2 is 2.17 bits per heavy atom. The van der Waals surface area contributed by atoms with Crippen LogP contribution < -0.4 is 5.32 Å². The Kier molecular flexibility index (Phi) is 4.35. The molecule has 0 spiro atoms. The molecule has 6 heteroatoms. The van der Waals surface area contributed by atoms with Gasteiger partial charge < -0.3 is 9.84 Å². The molecule has 0 radical (unpaired) electrons. The first-order chi connectivity index (χ1) is 8.74. The minimum absolute atomic E-state index is 0.0497. The van der Waals surface area contributed by atoms with Crippen LogP contribution in [-0.2, 0) is 11.3 Å². The van der Waals surface area contributed by atoms with Gasteiger partial charge in [0.1, 0.15) is 0 Å². The van der Waals surface area contributed by atoms with Crippen molar-refractivity contribution < 1.29 is 9.32 Å². The molecular weight excluding hydrogens is 250 g/mol. The highest BCUT2D eigenvalue weighted by Gasteiger charge is 2.06. The SMILES string of the molecule is Cc1nc(CNC(=O)CSc2ccccc2)no1. The molecule has 1 aromatic carbocycles. The maximum absolute atomic E-state index is 11.6. The molecule has 18 heavy (non-hydrogen) atoms. The van der Waals surface area contributed by atoms with Gasteiger partial charge in [-0.2, -0.15) is 4.98 Å². The Morgan fingerprint density at radius 3 is 2.83 bits per heavy atom. The maximum atomic E-state index is 11.6. The number of carbonyl (C=O) groups excluding carboxylic acids is 1. The number of hydrogen-bond acceptors (Lipinski definition) is 5. The molecule has 0 atom stereocenters. The van der Waals surface area contributed by atoms with Crippen molar-refractivity contribution in [1.82, 2.24) is 15.5 Å². The highest BCUT2D eigenvalue weighted by Crippen LogP contribution is 2.16. The molecule has 1 aromatic heterocycles. The van der Waals surface area contributed by atoms with Crippen molar-refractivity contribution in [2.75, 3.05) is 5.75 Å². The monoisotopic (exact) mass is 263 g/mol. The van der Waals surface area contributed by atoms with E-state index in [4.69, 9.17) is 4.52 Å². The molecule has 0 saturated heterocycles. The van der Waals surface area contributed by atoms with Crippen LogP contribution in [0.1, 0.15) is 11.7 Å². The van der Waals surface area contributed by atoms with Crippen LogP contribution in [0.4, 0.5) is 0 Å². The Hall–Kier alpha value is -1.82. The third kappa shape index (κ3) is 3.89. The summed E-state index contributed by atoms with van der Waals surface area (Å²) in [6.07, 6.45) is 0. The number of aromatic nitrogens is 2. The van der Waals surface area contributed by atoms with Gasteiger partial charge in [0, 0.05) is 11.8 Å². The summed E-state index contributed by atoms with van der Waals surface area (Å²) in [5.74, 6) is 1.32. The number of aryl methyl sites for hydroxylation is 1. The summed E-state index contributed by atoms with van der Waals surface area (Å²) in [6, 6.07) is 9.79. The zero-order chi connectivity index (χ0) is 12.8. The minimum Gasteiger partial charge on any atom is -0.348 e. The average Bonchev–Trinajstić information content (AvgIpc) is 2.81. The molecule has 2 rings (SSSR count). The first-order valence-corrected chi connectivity index (χ1v) is 6.46. The van der Waals surface area contributed by atoms with Crippen molar-refractivity contribution in [3.63, 3.8) is 0 Å². The van der Waals surface area contributed by atoms with Crippen LogP contribution in [0.25, 0.3) is 0 Å². The van der Waals surface area contributed by atoms with Crippen molar-refractivity contribution in [3.05, 3.63) is 42.0 Å². The second-order valence-electron chi connectivity index (χ2n) is 3.61. The lowest BCUT2D eigenvalue weighted by Gasteiger charge is -2.02. The van der Waals surface area contributed by atoms with E-state index in [2.05, 4.69) is 15.5 Å². The molecule has 0 aliphatic heterocycles. The molecule has 1 amide bonds. The summed E-state index contributed by atoms with van der Waals surface area (Å²) in [5.41, 5.74) is 0. The van der Waals surface area contributed by atoms with Gasteiger partial charge in [-0.25, -0.2) is 0 Å². The Bertz CT molecular complexity index is 513. The van der Waals surface area contributed by atoms with Gasteiger partial charge in [0.15, 0.2) is 5.82 Å². The number of nitrogens with zero attached hydrogens (tertiary/aromatic N) is 2. The molecule has 1 N–H and O–H groups in total. The summed E-state index contributed by atoms with van der Waals surface area (Å²) in [4.78, 5) is 16.7. The standard InChI is InChI=1S/C12H13N3O2S/c1-9-14-11(15-17-9)7-13-12(16)8-18-10-5-3-2-4-6-10/h2-6H,7-8H2,1H3,(H,13,16). The number of nitrogens with one attached hydrogen (secondary N) is 1. The van der Waals surface area contributed by atoms with Gasteiger partial charge >= 0.3 is 0 Å². The number of thioether (sulfide) groups is 1. The van der Waals surface area contributed by atoms with E-state index in [0.717, 1.165) is 4.90 Å².